The average molecular weight is 319 g/mol. The quantitative estimate of drug-likeness (QED) is 0.300. The second-order valence-corrected chi connectivity index (χ2v) is 5.55. The Hall–Kier alpha value is -1.61. The molecule has 0 radical (unpaired) electrons. The van der Waals surface area contributed by atoms with Crippen molar-refractivity contribution in [3.8, 4) is 0 Å². The average Bonchev–Trinajstić information content (AvgIpc) is 2.51. The van der Waals surface area contributed by atoms with Crippen molar-refractivity contribution in [2.24, 2.45) is 0 Å². The first-order valence-corrected chi connectivity index (χ1v) is 8.68. The second-order valence-electron chi connectivity index (χ2n) is 5.55. The summed E-state index contributed by atoms with van der Waals surface area (Å²) in [5, 5.41) is 19.8. The summed E-state index contributed by atoms with van der Waals surface area (Å²) in [5.74, 6) is -1.07. The summed E-state index contributed by atoms with van der Waals surface area (Å²) in [6, 6.07) is 0. The molecule has 1 N–H and O–H groups in total. The molecule has 0 bridgehead atoms. The molecule has 0 spiro atoms. The van der Waals surface area contributed by atoms with Crippen molar-refractivity contribution in [3.05, 3.63) is 48.6 Å². The van der Waals surface area contributed by atoms with Gasteiger partial charge in [-0.3, -0.25) is 0 Å². The molecule has 0 fully saturated rings. The number of aliphatic hydroxyl groups excluding tert-OH is 1. The Labute approximate surface area is 141 Å². The van der Waals surface area contributed by atoms with E-state index >= 15 is 0 Å². The van der Waals surface area contributed by atoms with E-state index < -0.39 is 12.1 Å². The fourth-order valence-electron chi connectivity index (χ4n) is 1.98. The highest BCUT2D eigenvalue weighted by atomic mass is 16.4. The van der Waals surface area contributed by atoms with Crippen LogP contribution in [-0.4, -0.2) is 17.2 Å². The van der Waals surface area contributed by atoms with E-state index in [-0.39, 0.29) is 6.42 Å². The van der Waals surface area contributed by atoms with Crippen molar-refractivity contribution in [2.45, 2.75) is 70.8 Å². The predicted molar refractivity (Wildman–Crippen MR) is 94.8 cm³/mol. The van der Waals surface area contributed by atoms with Crippen LogP contribution in [0.25, 0.3) is 0 Å². The number of unbranched alkanes of at least 4 members (excludes halogenated alkanes) is 3. The van der Waals surface area contributed by atoms with Crippen LogP contribution in [0.2, 0.25) is 0 Å². The maximum atomic E-state index is 10.2. The minimum Gasteiger partial charge on any atom is -0.550 e. The first-order chi connectivity index (χ1) is 11.2. The lowest BCUT2D eigenvalue weighted by atomic mass is 10.1. The number of hydrogen-bond acceptors (Lipinski definition) is 3. The van der Waals surface area contributed by atoms with Crippen LogP contribution >= 0.6 is 0 Å². The number of aliphatic hydroxyl groups is 1. The fourth-order valence-corrected chi connectivity index (χ4v) is 1.98. The van der Waals surface area contributed by atoms with Gasteiger partial charge in [0.15, 0.2) is 0 Å². The van der Waals surface area contributed by atoms with Crippen LogP contribution in [0, 0.1) is 0 Å². The molecule has 130 valence electrons. The van der Waals surface area contributed by atoms with Gasteiger partial charge in [-0.05, 0) is 44.9 Å². The minimum atomic E-state index is -1.07. The Morgan fingerprint density at radius 2 is 1.70 bits per heavy atom. The first kappa shape index (κ1) is 21.4. The molecule has 3 nitrogen and oxygen atoms in total. The number of carboxylic acids is 1. The van der Waals surface area contributed by atoms with Crippen LogP contribution in [0.3, 0.4) is 0 Å². The number of allylic oxidation sites excluding steroid dienone is 7. The van der Waals surface area contributed by atoms with Gasteiger partial charge >= 0.3 is 0 Å². The van der Waals surface area contributed by atoms with E-state index in [0.29, 0.717) is 12.8 Å². The lowest BCUT2D eigenvalue weighted by Crippen LogP contribution is -2.22. The van der Waals surface area contributed by atoms with E-state index in [0.717, 1.165) is 12.8 Å². The number of rotatable bonds is 14. The maximum Gasteiger partial charge on any atom is 0.0724 e. The number of aliphatic carboxylic acids is 1. The summed E-state index contributed by atoms with van der Waals surface area (Å²) in [7, 11) is 0. The molecule has 0 heterocycles. The number of carbonyl (C=O) groups is 1. The van der Waals surface area contributed by atoms with Gasteiger partial charge in [-0.15, -0.1) is 0 Å². The van der Waals surface area contributed by atoms with Crippen molar-refractivity contribution in [3.63, 3.8) is 0 Å². The highest BCUT2D eigenvalue weighted by Gasteiger charge is 1.97. The zero-order valence-corrected chi connectivity index (χ0v) is 14.3. The van der Waals surface area contributed by atoms with E-state index in [1.807, 2.05) is 12.2 Å². The zero-order valence-electron chi connectivity index (χ0n) is 14.3. The molecule has 1 atom stereocenters. The van der Waals surface area contributed by atoms with Crippen molar-refractivity contribution in [1.82, 2.24) is 0 Å². The topological polar surface area (TPSA) is 60.4 Å². The number of carboxylic acid groups (broad SMARTS) is 1. The molecule has 0 aliphatic heterocycles. The second kappa shape index (κ2) is 16.8. The van der Waals surface area contributed by atoms with Crippen LogP contribution in [0.4, 0.5) is 0 Å². The molecule has 0 saturated carbocycles. The van der Waals surface area contributed by atoms with E-state index in [1.165, 1.54) is 25.7 Å². The highest BCUT2D eigenvalue weighted by Crippen LogP contribution is 2.02. The Kier molecular flexibility index (Phi) is 15.6. The third-order valence-electron chi connectivity index (χ3n) is 3.31. The van der Waals surface area contributed by atoms with Crippen LogP contribution in [-0.2, 0) is 4.79 Å². The molecule has 23 heavy (non-hydrogen) atoms. The van der Waals surface area contributed by atoms with Gasteiger partial charge in [-0.25, -0.2) is 0 Å². The Morgan fingerprint density at radius 1 is 1.00 bits per heavy atom. The van der Waals surface area contributed by atoms with E-state index in [2.05, 4.69) is 31.2 Å². The molecule has 0 aliphatic carbocycles. The smallest absolute Gasteiger partial charge is 0.0724 e. The third-order valence-corrected chi connectivity index (χ3v) is 3.31. The summed E-state index contributed by atoms with van der Waals surface area (Å²) in [5.41, 5.74) is 0. The number of hydrogen-bond donors (Lipinski definition) is 1. The molecule has 3 heteroatoms. The van der Waals surface area contributed by atoms with Gasteiger partial charge in [0.05, 0.1) is 6.10 Å². The molecule has 0 rings (SSSR count). The normalized spacial score (nSPS) is 13.8. The summed E-state index contributed by atoms with van der Waals surface area (Å²) >= 11 is 0. The Bertz CT molecular complexity index is 392. The Morgan fingerprint density at radius 3 is 2.39 bits per heavy atom. The zero-order chi connectivity index (χ0) is 17.2. The van der Waals surface area contributed by atoms with Gasteiger partial charge in [0, 0.05) is 5.97 Å². The molecule has 0 amide bonds. The van der Waals surface area contributed by atoms with Crippen molar-refractivity contribution < 1.29 is 15.0 Å². The predicted octanol–water partition coefficient (Wildman–Crippen LogP) is 3.85. The van der Waals surface area contributed by atoms with Gasteiger partial charge in [-0.2, -0.15) is 0 Å². The first-order valence-electron chi connectivity index (χ1n) is 8.68. The molecular weight excluding hydrogens is 288 g/mol. The van der Waals surface area contributed by atoms with Gasteiger partial charge in [0.25, 0.3) is 0 Å². The largest absolute Gasteiger partial charge is 0.550 e. The van der Waals surface area contributed by atoms with Gasteiger partial charge < -0.3 is 15.0 Å². The van der Waals surface area contributed by atoms with Crippen LogP contribution in [0.5, 0.6) is 0 Å². The highest BCUT2D eigenvalue weighted by molar-refractivity contribution is 5.64. The van der Waals surface area contributed by atoms with Crippen LogP contribution in [0.15, 0.2) is 48.6 Å². The number of carbonyl (C=O) groups excluding carboxylic acids is 1. The standard InChI is InChI=1S/C20H32O3/c1-2-3-4-5-6-7-8-9-10-11-12-13-14-16-19(21)17-15-18-20(22)23/h6-7,9-10,12-14,16,19,21H,2-5,8,11,15,17-18H2,1H3,(H,22,23)/p-1/b7-6-,10-9-,13-12-,16-14+. The van der Waals surface area contributed by atoms with Gasteiger partial charge in [-0.1, -0.05) is 68.4 Å². The molecule has 1 unspecified atom stereocenters. The van der Waals surface area contributed by atoms with Crippen molar-refractivity contribution in [1.29, 1.82) is 0 Å². The fraction of sp³-hybridized carbons (Fsp3) is 0.550. The van der Waals surface area contributed by atoms with Gasteiger partial charge in [0.2, 0.25) is 0 Å². The lowest BCUT2D eigenvalue weighted by molar-refractivity contribution is -0.305. The monoisotopic (exact) mass is 319 g/mol. The molecule has 0 aromatic heterocycles. The third kappa shape index (κ3) is 18.3. The summed E-state index contributed by atoms with van der Waals surface area (Å²) < 4.78 is 0. The molecule has 0 aliphatic rings. The summed E-state index contributed by atoms with van der Waals surface area (Å²) in [6.07, 6.45) is 23.3. The van der Waals surface area contributed by atoms with Crippen LogP contribution in [0.1, 0.15) is 64.7 Å². The summed E-state index contributed by atoms with van der Waals surface area (Å²) in [4.78, 5) is 10.2. The SMILES string of the molecule is CCCCC/C=C\C/C=C\C/C=C\C=C\C(O)CCCC(=O)[O-]. The van der Waals surface area contributed by atoms with E-state index in [4.69, 9.17) is 0 Å². The van der Waals surface area contributed by atoms with E-state index in [9.17, 15) is 15.0 Å². The maximum absolute atomic E-state index is 10.2. The van der Waals surface area contributed by atoms with E-state index in [1.54, 1.807) is 12.2 Å². The Balaban J connectivity index is 3.59. The minimum absolute atomic E-state index is 0.00140. The van der Waals surface area contributed by atoms with Crippen molar-refractivity contribution >= 4 is 5.97 Å². The molecule has 0 aromatic rings. The van der Waals surface area contributed by atoms with Gasteiger partial charge in [0.1, 0.15) is 0 Å². The molecule has 0 aromatic carbocycles. The van der Waals surface area contributed by atoms with Crippen LogP contribution < -0.4 is 5.11 Å². The molecular formula is C20H31O3-. The molecule has 0 saturated heterocycles. The summed E-state index contributed by atoms with van der Waals surface area (Å²) in [6.45, 7) is 2.22. The van der Waals surface area contributed by atoms with Crippen molar-refractivity contribution in [2.75, 3.05) is 0 Å². The lowest BCUT2D eigenvalue weighted by Gasteiger charge is -2.04.